The van der Waals surface area contributed by atoms with Crippen LogP contribution < -0.4 is 0 Å². The summed E-state index contributed by atoms with van der Waals surface area (Å²) in [5, 5.41) is 6.93. The Kier molecular flexibility index (Phi) is 4.68. The van der Waals surface area contributed by atoms with Crippen LogP contribution in [0.25, 0.3) is 0 Å². The minimum Gasteiger partial charge on any atom is -0.468 e. The molecule has 2 rings (SSSR count). The molecule has 1 atom stereocenters. The highest BCUT2D eigenvalue weighted by molar-refractivity contribution is 8.00. The second kappa shape index (κ2) is 6.27. The molecule has 0 aliphatic rings. The van der Waals surface area contributed by atoms with Gasteiger partial charge in [0.2, 0.25) is 0 Å². The lowest BCUT2D eigenvalue weighted by atomic mass is 10.1. The summed E-state index contributed by atoms with van der Waals surface area (Å²) in [5.74, 6) is -0.439. The van der Waals surface area contributed by atoms with Crippen molar-refractivity contribution in [3.05, 3.63) is 40.1 Å². The van der Waals surface area contributed by atoms with Gasteiger partial charge in [0, 0.05) is 0 Å². The molecule has 5 nitrogen and oxygen atoms in total. The number of carbonyl (C=O) groups excluding carboxylic acids is 1. The summed E-state index contributed by atoms with van der Waals surface area (Å²) in [6.45, 7) is 0. The lowest BCUT2D eigenvalue weighted by Gasteiger charge is -2.15. The number of thioether (sulfide) groups is 1. The number of ether oxygens (including phenoxy) is 1. The first kappa shape index (κ1) is 14.2. The van der Waals surface area contributed by atoms with E-state index in [4.69, 9.17) is 27.9 Å². The Labute approximate surface area is 123 Å². The zero-order chi connectivity index (χ0) is 13.8. The number of aromatic amines is 1. The topological polar surface area (TPSA) is 67.9 Å². The predicted octanol–water partition coefficient (Wildman–Crippen LogP) is 3.12. The minimum absolute atomic E-state index is 0.326. The Morgan fingerprint density at radius 3 is 2.89 bits per heavy atom. The molecular formula is C11H9Cl2N3O2S. The van der Waals surface area contributed by atoms with Gasteiger partial charge in [0.15, 0.2) is 5.16 Å². The van der Waals surface area contributed by atoms with Crippen molar-refractivity contribution in [2.75, 3.05) is 7.11 Å². The van der Waals surface area contributed by atoms with E-state index in [2.05, 4.69) is 15.2 Å². The van der Waals surface area contributed by atoms with Gasteiger partial charge in [-0.15, -0.1) is 0 Å². The van der Waals surface area contributed by atoms with Crippen LogP contribution in [0.5, 0.6) is 0 Å². The van der Waals surface area contributed by atoms with E-state index in [9.17, 15) is 4.79 Å². The fraction of sp³-hybridized carbons (Fsp3) is 0.182. The minimum atomic E-state index is -0.663. The molecule has 2 aromatic rings. The summed E-state index contributed by atoms with van der Waals surface area (Å²) in [4.78, 5) is 15.9. The van der Waals surface area contributed by atoms with Gasteiger partial charge in [-0.25, -0.2) is 4.98 Å². The Morgan fingerprint density at radius 1 is 1.47 bits per heavy atom. The fourth-order valence-electron chi connectivity index (χ4n) is 1.43. The standard InChI is InChI=1S/C11H9Cl2N3O2S/c1-18-10(17)9(19-11-14-5-15-16-11)6-3-2-4-7(12)8(6)13/h2-5,9H,1H3,(H,14,15,16)/t9-/m0/s1. The normalized spacial score (nSPS) is 12.2. The number of nitrogens with one attached hydrogen (secondary N) is 1. The van der Waals surface area contributed by atoms with Crippen molar-refractivity contribution in [1.29, 1.82) is 0 Å². The summed E-state index contributed by atoms with van der Waals surface area (Å²) in [6.07, 6.45) is 1.36. The molecule has 0 saturated carbocycles. The summed E-state index contributed by atoms with van der Waals surface area (Å²) >= 11 is 13.2. The average Bonchev–Trinajstić information content (AvgIpc) is 2.92. The number of carbonyl (C=O) groups is 1. The number of H-pyrrole nitrogens is 1. The summed E-state index contributed by atoms with van der Waals surface area (Å²) in [7, 11) is 1.31. The van der Waals surface area contributed by atoms with Crippen molar-refractivity contribution in [2.45, 2.75) is 10.4 Å². The highest BCUT2D eigenvalue weighted by Crippen LogP contribution is 2.39. The van der Waals surface area contributed by atoms with Crippen molar-refractivity contribution in [3.63, 3.8) is 0 Å². The lowest BCUT2D eigenvalue weighted by Crippen LogP contribution is -2.12. The Bertz CT molecular complexity index is 577. The number of hydrogen-bond acceptors (Lipinski definition) is 5. The van der Waals surface area contributed by atoms with Gasteiger partial charge >= 0.3 is 5.97 Å². The van der Waals surface area contributed by atoms with E-state index in [1.165, 1.54) is 13.4 Å². The van der Waals surface area contributed by atoms with Gasteiger partial charge in [0.1, 0.15) is 11.6 Å². The number of methoxy groups -OCH3 is 1. The molecule has 0 bridgehead atoms. The highest BCUT2D eigenvalue weighted by Gasteiger charge is 2.27. The van der Waals surface area contributed by atoms with E-state index in [1.807, 2.05) is 0 Å². The van der Waals surface area contributed by atoms with Gasteiger partial charge in [0.25, 0.3) is 0 Å². The van der Waals surface area contributed by atoms with Crippen molar-refractivity contribution < 1.29 is 9.53 Å². The summed E-state index contributed by atoms with van der Waals surface area (Å²) in [6, 6.07) is 5.10. The van der Waals surface area contributed by atoms with Crippen LogP contribution in [-0.2, 0) is 9.53 Å². The first-order chi connectivity index (χ1) is 9.13. The quantitative estimate of drug-likeness (QED) is 0.693. The second-order valence-electron chi connectivity index (χ2n) is 3.45. The van der Waals surface area contributed by atoms with Gasteiger partial charge in [-0.1, -0.05) is 47.1 Å². The molecular weight excluding hydrogens is 309 g/mol. The van der Waals surface area contributed by atoms with Crippen LogP contribution in [0.15, 0.2) is 29.7 Å². The van der Waals surface area contributed by atoms with Crippen molar-refractivity contribution in [3.8, 4) is 0 Å². The number of aromatic nitrogens is 3. The van der Waals surface area contributed by atoms with Crippen LogP contribution in [0.2, 0.25) is 10.0 Å². The number of rotatable bonds is 4. The van der Waals surface area contributed by atoms with E-state index in [1.54, 1.807) is 18.2 Å². The van der Waals surface area contributed by atoms with Crippen molar-refractivity contribution >= 4 is 40.9 Å². The third-order valence-electron chi connectivity index (χ3n) is 2.30. The zero-order valence-corrected chi connectivity index (χ0v) is 12.1. The van der Waals surface area contributed by atoms with Gasteiger partial charge < -0.3 is 4.74 Å². The molecule has 0 spiro atoms. The molecule has 0 amide bonds. The molecule has 0 fully saturated rings. The van der Waals surface area contributed by atoms with Crippen LogP contribution in [0.4, 0.5) is 0 Å². The van der Waals surface area contributed by atoms with Gasteiger partial charge in [-0.05, 0) is 11.6 Å². The molecule has 1 heterocycles. The van der Waals surface area contributed by atoms with Gasteiger partial charge in [0.05, 0.1) is 17.2 Å². The molecule has 0 unspecified atom stereocenters. The van der Waals surface area contributed by atoms with E-state index in [0.717, 1.165) is 11.8 Å². The largest absolute Gasteiger partial charge is 0.468 e. The highest BCUT2D eigenvalue weighted by atomic mass is 35.5. The molecule has 1 aromatic heterocycles. The maximum atomic E-state index is 11.9. The number of halogens is 2. The summed E-state index contributed by atoms with van der Waals surface area (Å²) < 4.78 is 4.79. The molecule has 8 heteroatoms. The molecule has 19 heavy (non-hydrogen) atoms. The van der Waals surface area contributed by atoms with Crippen molar-refractivity contribution in [2.24, 2.45) is 0 Å². The van der Waals surface area contributed by atoms with Crippen LogP contribution in [0, 0.1) is 0 Å². The molecule has 100 valence electrons. The number of benzene rings is 1. The number of hydrogen-bond donors (Lipinski definition) is 1. The van der Waals surface area contributed by atoms with Gasteiger partial charge in [-0.3, -0.25) is 9.89 Å². The number of esters is 1. The summed E-state index contributed by atoms with van der Waals surface area (Å²) in [5.41, 5.74) is 0.572. The molecule has 0 aliphatic carbocycles. The van der Waals surface area contributed by atoms with Gasteiger partial charge in [-0.2, -0.15) is 5.10 Å². The number of nitrogens with zero attached hydrogens (tertiary/aromatic N) is 2. The first-order valence-electron chi connectivity index (χ1n) is 5.17. The van der Waals surface area contributed by atoms with Crippen molar-refractivity contribution in [1.82, 2.24) is 15.2 Å². The second-order valence-corrected chi connectivity index (χ2v) is 5.33. The smallest absolute Gasteiger partial charge is 0.323 e. The molecule has 1 aromatic carbocycles. The predicted molar refractivity (Wildman–Crippen MR) is 73.5 cm³/mol. The van der Waals surface area contributed by atoms with Crippen LogP contribution in [0.1, 0.15) is 10.8 Å². The SMILES string of the molecule is COC(=O)[C@@H](Sc1ncn[nH]1)c1cccc(Cl)c1Cl. The molecule has 1 N–H and O–H groups in total. The van der Waals surface area contributed by atoms with E-state index in [0.29, 0.717) is 20.8 Å². The van der Waals surface area contributed by atoms with Crippen LogP contribution in [-0.4, -0.2) is 28.3 Å². The zero-order valence-electron chi connectivity index (χ0n) is 9.76. The van der Waals surface area contributed by atoms with E-state index in [-0.39, 0.29) is 0 Å². The van der Waals surface area contributed by atoms with E-state index < -0.39 is 11.2 Å². The Balaban J connectivity index is 2.37. The van der Waals surface area contributed by atoms with Crippen LogP contribution in [0.3, 0.4) is 0 Å². The third kappa shape index (κ3) is 3.20. The average molecular weight is 318 g/mol. The third-order valence-corrected chi connectivity index (χ3v) is 4.24. The monoisotopic (exact) mass is 317 g/mol. The first-order valence-corrected chi connectivity index (χ1v) is 6.80. The maximum absolute atomic E-state index is 11.9. The molecule has 0 radical (unpaired) electrons. The lowest BCUT2D eigenvalue weighted by molar-refractivity contribution is -0.140. The maximum Gasteiger partial charge on any atom is 0.323 e. The van der Waals surface area contributed by atoms with E-state index >= 15 is 0 Å². The molecule has 0 saturated heterocycles. The van der Waals surface area contributed by atoms with Crippen LogP contribution >= 0.6 is 35.0 Å². The Hall–Kier alpha value is -1.24. The molecule has 0 aliphatic heterocycles. The fourth-order valence-corrected chi connectivity index (χ4v) is 2.87. The Morgan fingerprint density at radius 2 is 2.26 bits per heavy atom.